The Balaban J connectivity index is 2.29. The lowest BCUT2D eigenvalue weighted by atomic mass is 10.0. The first kappa shape index (κ1) is 14.2. The van der Waals surface area contributed by atoms with Gasteiger partial charge in [0.25, 0.3) is 0 Å². The van der Waals surface area contributed by atoms with Crippen LogP contribution in [0.5, 0.6) is 5.75 Å². The van der Waals surface area contributed by atoms with Gasteiger partial charge in [-0.15, -0.1) is 11.8 Å². The van der Waals surface area contributed by atoms with Gasteiger partial charge in [-0.05, 0) is 30.4 Å². The molecule has 0 aromatic heterocycles. The molecule has 0 aliphatic heterocycles. The maximum absolute atomic E-state index is 10.3. The van der Waals surface area contributed by atoms with Crippen LogP contribution >= 0.6 is 11.8 Å². The van der Waals surface area contributed by atoms with Gasteiger partial charge in [0, 0.05) is 16.0 Å². The molecule has 0 spiro atoms. The second-order valence-electron chi connectivity index (χ2n) is 4.85. The van der Waals surface area contributed by atoms with Crippen LogP contribution < -0.4 is 0 Å². The lowest BCUT2D eigenvalue weighted by Crippen LogP contribution is -2.29. The highest BCUT2D eigenvalue weighted by Crippen LogP contribution is 2.35. The van der Waals surface area contributed by atoms with Crippen LogP contribution in [0.1, 0.15) is 26.7 Å². The minimum Gasteiger partial charge on any atom is -0.507 e. The zero-order chi connectivity index (χ0) is 13.9. The molecule has 0 unspecified atom stereocenters. The molecule has 0 aliphatic rings. The Hall–Kier alpha value is -1.19. The van der Waals surface area contributed by atoms with Gasteiger partial charge in [0.1, 0.15) is 5.75 Å². The molecule has 3 heteroatoms. The molecule has 0 heterocycles. The summed E-state index contributed by atoms with van der Waals surface area (Å²) in [7, 11) is 0. The van der Waals surface area contributed by atoms with Crippen molar-refractivity contribution in [3.8, 4) is 5.75 Å². The lowest BCUT2D eigenvalue weighted by molar-refractivity contribution is 0.0572. The minimum atomic E-state index is -0.607. The molecule has 19 heavy (non-hydrogen) atoms. The van der Waals surface area contributed by atoms with Gasteiger partial charge >= 0.3 is 0 Å². The van der Waals surface area contributed by atoms with Crippen LogP contribution in [0.15, 0.2) is 41.3 Å². The van der Waals surface area contributed by atoms with Crippen molar-refractivity contribution in [2.45, 2.75) is 37.2 Å². The van der Waals surface area contributed by atoms with Gasteiger partial charge in [-0.3, -0.25) is 0 Å². The molecule has 0 radical (unpaired) electrons. The van der Waals surface area contributed by atoms with E-state index in [4.69, 9.17) is 0 Å². The van der Waals surface area contributed by atoms with Gasteiger partial charge in [0.05, 0.1) is 5.60 Å². The Morgan fingerprint density at radius 2 is 1.63 bits per heavy atom. The number of fused-ring (bicyclic) bond motifs is 1. The maximum Gasteiger partial charge on any atom is 0.123 e. The third-order valence-electron chi connectivity index (χ3n) is 3.67. The zero-order valence-corrected chi connectivity index (χ0v) is 12.2. The predicted molar refractivity (Wildman–Crippen MR) is 81.9 cm³/mol. The summed E-state index contributed by atoms with van der Waals surface area (Å²) in [5.74, 6) is 0.982. The summed E-state index contributed by atoms with van der Waals surface area (Å²) in [6, 6.07) is 11.5. The van der Waals surface area contributed by atoms with Gasteiger partial charge in [0.15, 0.2) is 0 Å². The summed E-state index contributed by atoms with van der Waals surface area (Å²) >= 11 is 1.65. The van der Waals surface area contributed by atoms with Gasteiger partial charge < -0.3 is 10.2 Å². The largest absolute Gasteiger partial charge is 0.507 e. The summed E-state index contributed by atoms with van der Waals surface area (Å²) in [6.45, 7) is 4.03. The Morgan fingerprint density at radius 1 is 1.00 bits per heavy atom. The maximum atomic E-state index is 10.3. The van der Waals surface area contributed by atoms with Crippen molar-refractivity contribution in [3.05, 3.63) is 36.4 Å². The average molecular weight is 276 g/mol. The molecule has 2 aromatic carbocycles. The van der Waals surface area contributed by atoms with E-state index in [-0.39, 0.29) is 0 Å². The van der Waals surface area contributed by atoms with E-state index in [0.29, 0.717) is 11.5 Å². The smallest absolute Gasteiger partial charge is 0.123 e. The van der Waals surface area contributed by atoms with Crippen molar-refractivity contribution in [3.63, 3.8) is 0 Å². The normalized spacial score (nSPS) is 11.9. The summed E-state index contributed by atoms with van der Waals surface area (Å²) in [5.41, 5.74) is -0.607. The molecule has 2 nitrogen and oxygen atoms in total. The fourth-order valence-corrected chi connectivity index (χ4v) is 3.38. The van der Waals surface area contributed by atoms with Gasteiger partial charge in [-0.1, -0.05) is 38.1 Å². The summed E-state index contributed by atoms with van der Waals surface area (Å²) in [5, 5.41) is 22.1. The molecular weight excluding hydrogens is 256 g/mol. The topological polar surface area (TPSA) is 40.5 Å². The van der Waals surface area contributed by atoms with E-state index < -0.39 is 5.60 Å². The van der Waals surface area contributed by atoms with E-state index in [1.54, 1.807) is 17.8 Å². The van der Waals surface area contributed by atoms with Crippen molar-refractivity contribution in [2.75, 3.05) is 5.75 Å². The standard InChI is InChI=1S/C16H20O2S/c1-3-16(18,4-2)11-19-15-10-9-14(17)12-7-5-6-8-13(12)15/h5-10,17-18H,3-4,11H2,1-2H3. The number of hydrogen-bond acceptors (Lipinski definition) is 3. The quantitative estimate of drug-likeness (QED) is 0.804. The second-order valence-corrected chi connectivity index (χ2v) is 5.87. The van der Waals surface area contributed by atoms with Gasteiger partial charge in [0.2, 0.25) is 0 Å². The molecular formula is C16H20O2S. The van der Waals surface area contributed by atoms with Crippen molar-refractivity contribution < 1.29 is 10.2 Å². The van der Waals surface area contributed by atoms with E-state index in [9.17, 15) is 10.2 Å². The molecule has 102 valence electrons. The van der Waals surface area contributed by atoms with Gasteiger partial charge in [-0.25, -0.2) is 0 Å². The Bertz CT molecular complexity index is 562. The molecule has 2 N–H and O–H groups in total. The first-order chi connectivity index (χ1) is 9.09. The number of thioether (sulfide) groups is 1. The molecule has 0 fully saturated rings. The number of phenolic OH excluding ortho intramolecular Hbond substituents is 1. The Kier molecular flexibility index (Phi) is 4.38. The Labute approximate surface area is 118 Å². The van der Waals surface area contributed by atoms with E-state index in [2.05, 4.69) is 0 Å². The SMILES string of the molecule is CCC(O)(CC)CSc1ccc(O)c2ccccc12. The number of aliphatic hydroxyl groups is 1. The first-order valence-corrected chi connectivity index (χ1v) is 7.64. The summed E-state index contributed by atoms with van der Waals surface area (Å²) < 4.78 is 0. The third kappa shape index (κ3) is 3.04. The first-order valence-electron chi connectivity index (χ1n) is 6.65. The van der Waals surface area contributed by atoms with E-state index in [1.165, 1.54) is 0 Å². The monoisotopic (exact) mass is 276 g/mol. The molecule has 2 rings (SSSR count). The van der Waals surface area contributed by atoms with E-state index >= 15 is 0 Å². The predicted octanol–water partition coefficient (Wildman–Crippen LogP) is 4.19. The molecule has 0 amide bonds. The number of phenols is 1. The van der Waals surface area contributed by atoms with Crippen LogP contribution in [0.2, 0.25) is 0 Å². The molecule has 0 saturated heterocycles. The highest BCUT2D eigenvalue weighted by Gasteiger charge is 2.22. The number of aromatic hydroxyl groups is 1. The fourth-order valence-electron chi connectivity index (χ4n) is 2.05. The van der Waals surface area contributed by atoms with Crippen LogP contribution in [0.4, 0.5) is 0 Å². The number of rotatable bonds is 5. The molecule has 0 atom stereocenters. The van der Waals surface area contributed by atoms with Crippen LogP contribution in [-0.2, 0) is 0 Å². The molecule has 0 saturated carbocycles. The van der Waals surface area contributed by atoms with E-state index in [1.807, 2.05) is 44.2 Å². The fraction of sp³-hybridized carbons (Fsp3) is 0.375. The molecule has 0 aliphatic carbocycles. The van der Waals surface area contributed by atoms with Crippen molar-refractivity contribution >= 4 is 22.5 Å². The highest BCUT2D eigenvalue weighted by atomic mass is 32.2. The second kappa shape index (κ2) is 5.85. The third-order valence-corrected chi connectivity index (χ3v) is 5.02. The molecule has 2 aromatic rings. The number of benzene rings is 2. The minimum absolute atomic E-state index is 0.307. The highest BCUT2D eigenvalue weighted by molar-refractivity contribution is 7.99. The van der Waals surface area contributed by atoms with Crippen LogP contribution in [0.3, 0.4) is 0 Å². The lowest BCUT2D eigenvalue weighted by Gasteiger charge is -2.24. The van der Waals surface area contributed by atoms with Crippen LogP contribution in [0, 0.1) is 0 Å². The van der Waals surface area contributed by atoms with E-state index in [0.717, 1.165) is 28.5 Å². The van der Waals surface area contributed by atoms with Crippen molar-refractivity contribution in [1.82, 2.24) is 0 Å². The van der Waals surface area contributed by atoms with Crippen LogP contribution in [-0.4, -0.2) is 21.6 Å². The van der Waals surface area contributed by atoms with Gasteiger partial charge in [-0.2, -0.15) is 0 Å². The zero-order valence-electron chi connectivity index (χ0n) is 11.4. The average Bonchev–Trinajstić information content (AvgIpc) is 2.46. The summed E-state index contributed by atoms with van der Waals surface area (Å²) in [6.07, 6.45) is 1.51. The molecule has 0 bridgehead atoms. The summed E-state index contributed by atoms with van der Waals surface area (Å²) in [4.78, 5) is 1.11. The van der Waals surface area contributed by atoms with Crippen molar-refractivity contribution in [2.24, 2.45) is 0 Å². The van der Waals surface area contributed by atoms with Crippen molar-refractivity contribution in [1.29, 1.82) is 0 Å². The number of hydrogen-bond donors (Lipinski definition) is 2. The Morgan fingerprint density at radius 3 is 2.26 bits per heavy atom. The van der Waals surface area contributed by atoms with Crippen LogP contribution in [0.25, 0.3) is 10.8 Å².